The van der Waals surface area contributed by atoms with Crippen LogP contribution in [0.15, 0.2) is 24.3 Å². The van der Waals surface area contributed by atoms with Crippen molar-refractivity contribution in [1.29, 1.82) is 0 Å². The molecule has 0 radical (unpaired) electrons. The summed E-state index contributed by atoms with van der Waals surface area (Å²) in [6.45, 7) is 6.86. The molecule has 0 saturated carbocycles. The Bertz CT molecular complexity index is 920. The number of thiophene rings is 1. The number of aryl methyl sites for hydroxylation is 2. The van der Waals surface area contributed by atoms with Gasteiger partial charge in [-0.05, 0) is 30.5 Å². The molecule has 2 aromatic heterocycles. The molecule has 0 fully saturated rings. The number of methoxy groups -OCH3 is 2. The summed E-state index contributed by atoms with van der Waals surface area (Å²) in [6.07, 6.45) is 0.928. The van der Waals surface area contributed by atoms with Crippen LogP contribution >= 0.6 is 22.9 Å². The molecule has 0 saturated heterocycles. The van der Waals surface area contributed by atoms with Crippen LogP contribution in [0.1, 0.15) is 17.4 Å². The molecule has 0 bridgehead atoms. The van der Waals surface area contributed by atoms with Crippen molar-refractivity contribution in [3.63, 3.8) is 0 Å². The highest BCUT2D eigenvalue weighted by molar-refractivity contribution is 7.19. The van der Waals surface area contributed by atoms with Crippen molar-refractivity contribution in [1.82, 2.24) is 9.97 Å². The van der Waals surface area contributed by atoms with Crippen molar-refractivity contribution < 1.29 is 9.47 Å². The van der Waals surface area contributed by atoms with Gasteiger partial charge in [0.05, 0.1) is 18.6 Å². The summed E-state index contributed by atoms with van der Waals surface area (Å²) < 4.78 is 10.6. The average Bonchev–Trinajstić information content (AvgIpc) is 3.06. The standard InChI is InChI=1S/C21H26ClN3O2S/c1-5-16-17(15-8-6-14(2)7-9-15)18-19(23-21(22)24-20(18)28-16)25(10-12-26-3)11-13-27-4/h6-9H,5,10-13H2,1-4H3. The molecule has 150 valence electrons. The van der Waals surface area contributed by atoms with Crippen molar-refractivity contribution in [2.45, 2.75) is 20.3 Å². The van der Waals surface area contributed by atoms with Crippen molar-refractivity contribution in [3.05, 3.63) is 40.0 Å². The molecule has 3 aromatic rings. The Morgan fingerprint density at radius 1 is 1.04 bits per heavy atom. The monoisotopic (exact) mass is 419 g/mol. The van der Waals surface area contributed by atoms with E-state index in [0.717, 1.165) is 22.5 Å². The maximum absolute atomic E-state index is 6.30. The minimum absolute atomic E-state index is 0.265. The highest BCUT2D eigenvalue weighted by Gasteiger charge is 2.22. The van der Waals surface area contributed by atoms with Gasteiger partial charge >= 0.3 is 0 Å². The van der Waals surface area contributed by atoms with Crippen molar-refractivity contribution >= 4 is 39.0 Å². The molecule has 0 aliphatic rings. The van der Waals surface area contributed by atoms with Crippen LogP contribution in [0.5, 0.6) is 0 Å². The fourth-order valence-corrected chi connectivity index (χ4v) is 4.58. The molecular formula is C21H26ClN3O2S. The molecule has 2 heterocycles. The predicted molar refractivity (Wildman–Crippen MR) is 118 cm³/mol. The Hall–Kier alpha value is -1.73. The molecule has 28 heavy (non-hydrogen) atoms. The van der Waals surface area contributed by atoms with Crippen molar-refractivity contribution in [2.75, 3.05) is 45.4 Å². The van der Waals surface area contributed by atoms with Crippen LogP contribution < -0.4 is 4.90 Å². The summed E-state index contributed by atoms with van der Waals surface area (Å²) in [4.78, 5) is 13.5. The number of hydrogen-bond donors (Lipinski definition) is 0. The lowest BCUT2D eigenvalue weighted by Crippen LogP contribution is -2.31. The fraction of sp³-hybridized carbons (Fsp3) is 0.429. The van der Waals surface area contributed by atoms with E-state index in [9.17, 15) is 0 Å². The zero-order valence-corrected chi connectivity index (χ0v) is 18.4. The Labute approximate surface area is 175 Å². The first-order valence-electron chi connectivity index (χ1n) is 9.37. The lowest BCUT2D eigenvalue weighted by atomic mass is 10.0. The van der Waals surface area contributed by atoms with E-state index in [1.54, 1.807) is 25.6 Å². The number of benzene rings is 1. The van der Waals surface area contributed by atoms with Crippen molar-refractivity contribution in [2.24, 2.45) is 0 Å². The summed E-state index contributed by atoms with van der Waals surface area (Å²) in [5.41, 5.74) is 3.62. The van der Waals surface area contributed by atoms with E-state index >= 15 is 0 Å². The van der Waals surface area contributed by atoms with E-state index in [1.807, 2.05) is 0 Å². The first kappa shape index (κ1) is 21.0. The van der Waals surface area contributed by atoms with Gasteiger partial charge in [0, 0.05) is 37.7 Å². The number of rotatable bonds is 9. The number of ether oxygens (including phenoxy) is 2. The van der Waals surface area contributed by atoms with E-state index in [-0.39, 0.29) is 5.28 Å². The summed E-state index contributed by atoms with van der Waals surface area (Å²) >= 11 is 7.99. The van der Waals surface area contributed by atoms with Gasteiger partial charge in [-0.15, -0.1) is 11.3 Å². The van der Waals surface area contributed by atoms with E-state index in [2.05, 4.69) is 53.0 Å². The quantitative estimate of drug-likeness (QED) is 0.457. The second-order valence-electron chi connectivity index (χ2n) is 6.59. The second-order valence-corrected chi connectivity index (χ2v) is 8.01. The van der Waals surface area contributed by atoms with Crippen LogP contribution in [0.25, 0.3) is 21.3 Å². The number of hydrogen-bond acceptors (Lipinski definition) is 6. The molecule has 3 rings (SSSR count). The zero-order valence-electron chi connectivity index (χ0n) is 16.8. The highest BCUT2D eigenvalue weighted by Crippen LogP contribution is 2.43. The van der Waals surface area contributed by atoms with Gasteiger partial charge in [-0.1, -0.05) is 36.8 Å². The van der Waals surface area contributed by atoms with Gasteiger partial charge in [0.15, 0.2) is 0 Å². The maximum atomic E-state index is 6.30. The molecule has 0 unspecified atom stereocenters. The van der Waals surface area contributed by atoms with E-state index in [0.29, 0.717) is 26.3 Å². The molecule has 0 aliphatic heterocycles. The third-order valence-electron chi connectivity index (χ3n) is 4.67. The van der Waals surface area contributed by atoms with Gasteiger partial charge in [0.1, 0.15) is 10.6 Å². The van der Waals surface area contributed by atoms with Gasteiger partial charge in [-0.2, -0.15) is 4.98 Å². The Balaban J connectivity index is 2.23. The number of halogens is 1. The van der Waals surface area contributed by atoms with Crippen LogP contribution in [-0.4, -0.2) is 50.5 Å². The van der Waals surface area contributed by atoms with Gasteiger partial charge in [-0.25, -0.2) is 4.98 Å². The van der Waals surface area contributed by atoms with Gasteiger partial charge in [0.2, 0.25) is 5.28 Å². The summed E-state index contributed by atoms with van der Waals surface area (Å²) in [7, 11) is 3.41. The molecule has 0 N–H and O–H groups in total. The smallest absolute Gasteiger partial charge is 0.225 e. The first-order valence-corrected chi connectivity index (χ1v) is 10.6. The molecule has 7 heteroatoms. The van der Waals surface area contributed by atoms with Gasteiger partial charge < -0.3 is 14.4 Å². The maximum Gasteiger partial charge on any atom is 0.225 e. The molecular weight excluding hydrogens is 394 g/mol. The largest absolute Gasteiger partial charge is 0.383 e. The van der Waals surface area contributed by atoms with Crippen molar-refractivity contribution in [3.8, 4) is 11.1 Å². The Kier molecular flexibility index (Phi) is 7.24. The fourth-order valence-electron chi connectivity index (χ4n) is 3.23. The zero-order chi connectivity index (χ0) is 20.1. The van der Waals surface area contributed by atoms with E-state index in [1.165, 1.54) is 21.6 Å². The van der Waals surface area contributed by atoms with Crippen LogP contribution in [0.4, 0.5) is 5.82 Å². The lowest BCUT2D eigenvalue weighted by molar-refractivity contribution is 0.190. The molecule has 0 spiro atoms. The van der Waals surface area contributed by atoms with Crippen LogP contribution in [0.2, 0.25) is 5.28 Å². The average molecular weight is 420 g/mol. The minimum Gasteiger partial charge on any atom is -0.383 e. The topological polar surface area (TPSA) is 47.5 Å². The van der Waals surface area contributed by atoms with Gasteiger partial charge in [0.25, 0.3) is 0 Å². The third-order valence-corrected chi connectivity index (χ3v) is 6.07. The molecule has 1 aromatic carbocycles. The first-order chi connectivity index (χ1) is 13.6. The number of fused-ring (bicyclic) bond motifs is 1. The number of anilines is 1. The lowest BCUT2D eigenvalue weighted by Gasteiger charge is -2.24. The SMILES string of the molecule is CCc1sc2nc(Cl)nc(N(CCOC)CCOC)c2c1-c1ccc(C)cc1. The highest BCUT2D eigenvalue weighted by atomic mass is 35.5. The molecule has 5 nitrogen and oxygen atoms in total. The second kappa shape index (κ2) is 9.65. The summed E-state index contributed by atoms with van der Waals surface area (Å²) in [5, 5.41) is 1.32. The van der Waals surface area contributed by atoms with Gasteiger partial charge in [-0.3, -0.25) is 0 Å². The van der Waals surface area contributed by atoms with Crippen LogP contribution in [0, 0.1) is 6.92 Å². The Morgan fingerprint density at radius 3 is 2.25 bits per heavy atom. The van der Waals surface area contributed by atoms with E-state index in [4.69, 9.17) is 21.1 Å². The normalized spacial score (nSPS) is 11.3. The Morgan fingerprint density at radius 2 is 1.68 bits per heavy atom. The molecule has 0 atom stereocenters. The molecule has 0 aliphatic carbocycles. The van der Waals surface area contributed by atoms with E-state index < -0.39 is 0 Å². The summed E-state index contributed by atoms with van der Waals surface area (Å²) in [5.74, 6) is 0.843. The van der Waals surface area contributed by atoms with Crippen LogP contribution in [0.3, 0.4) is 0 Å². The number of aromatic nitrogens is 2. The molecule has 0 amide bonds. The third kappa shape index (κ3) is 4.46. The van der Waals surface area contributed by atoms with Crippen LogP contribution in [-0.2, 0) is 15.9 Å². The predicted octanol–water partition coefficient (Wildman–Crippen LogP) is 4.98. The minimum atomic E-state index is 0.265. The summed E-state index contributed by atoms with van der Waals surface area (Å²) in [6, 6.07) is 8.62. The number of nitrogens with zero attached hydrogens (tertiary/aromatic N) is 3.